The Morgan fingerprint density at radius 3 is 2.70 bits per heavy atom. The molecule has 0 bridgehead atoms. The molecule has 1 amide bonds. The number of aryl methyl sites for hydroxylation is 1. The molecule has 0 radical (unpaired) electrons. The summed E-state index contributed by atoms with van der Waals surface area (Å²) in [6, 6.07) is 7.91. The van der Waals surface area contributed by atoms with E-state index in [-0.39, 0.29) is 16.5 Å². The molecule has 0 aliphatic carbocycles. The number of nitrogen functional groups attached to an aromatic ring is 1. The van der Waals surface area contributed by atoms with Crippen LogP contribution in [0.25, 0.3) is 21.3 Å². The Kier molecular flexibility index (Phi) is 4.10. The summed E-state index contributed by atoms with van der Waals surface area (Å²) < 4.78 is 0.973. The number of aromatic nitrogens is 2. The predicted octanol–water partition coefficient (Wildman–Crippen LogP) is 1.72. The molecule has 0 aliphatic heterocycles. The molecular formula is C15H14N4O2S2. The van der Waals surface area contributed by atoms with Gasteiger partial charge in [0, 0.05) is 10.9 Å². The summed E-state index contributed by atoms with van der Waals surface area (Å²) in [6.45, 7) is 2.01. The maximum Gasteiger partial charge on any atom is 0.282 e. The molecule has 3 aromatic rings. The van der Waals surface area contributed by atoms with Crippen molar-refractivity contribution >= 4 is 39.2 Å². The minimum Gasteiger partial charge on any atom is -0.369 e. The van der Waals surface area contributed by atoms with E-state index < -0.39 is 5.91 Å². The van der Waals surface area contributed by atoms with Crippen LogP contribution in [0.3, 0.4) is 0 Å². The summed E-state index contributed by atoms with van der Waals surface area (Å²) in [6.07, 6.45) is 0. The smallest absolute Gasteiger partial charge is 0.282 e. The lowest BCUT2D eigenvalue weighted by atomic mass is 10.1. The van der Waals surface area contributed by atoms with E-state index in [1.165, 1.54) is 11.3 Å². The van der Waals surface area contributed by atoms with Gasteiger partial charge in [-0.15, -0.1) is 11.3 Å². The standard InChI is InChI=1S/C15H14N4O2S2/c1-8-2-4-9(5-3-8)10-6-22-13-12(10)14(21)19(17)15(18-13)23-7-11(16)20/h2-6H,7,17H2,1H3,(H2,16,20). The van der Waals surface area contributed by atoms with Gasteiger partial charge < -0.3 is 11.6 Å². The molecule has 0 saturated heterocycles. The number of thiophene rings is 1. The number of hydrogen-bond acceptors (Lipinski definition) is 6. The molecule has 2 heterocycles. The van der Waals surface area contributed by atoms with Crippen molar-refractivity contribution in [2.75, 3.05) is 11.6 Å². The van der Waals surface area contributed by atoms with E-state index in [1.807, 2.05) is 36.6 Å². The van der Waals surface area contributed by atoms with E-state index in [2.05, 4.69) is 4.98 Å². The van der Waals surface area contributed by atoms with Crippen LogP contribution < -0.4 is 17.1 Å². The molecule has 0 unspecified atom stereocenters. The molecule has 4 N–H and O–H groups in total. The van der Waals surface area contributed by atoms with Crippen LogP contribution in [0, 0.1) is 6.92 Å². The van der Waals surface area contributed by atoms with Gasteiger partial charge >= 0.3 is 0 Å². The largest absolute Gasteiger partial charge is 0.369 e. The van der Waals surface area contributed by atoms with Gasteiger partial charge in [-0.3, -0.25) is 9.59 Å². The fourth-order valence-corrected chi connectivity index (χ4v) is 3.81. The van der Waals surface area contributed by atoms with Crippen molar-refractivity contribution in [3.63, 3.8) is 0 Å². The highest BCUT2D eigenvalue weighted by Gasteiger charge is 2.16. The number of hydrogen-bond donors (Lipinski definition) is 2. The Bertz CT molecular complexity index is 945. The number of nitrogens with two attached hydrogens (primary N) is 2. The van der Waals surface area contributed by atoms with Crippen LogP contribution in [0.1, 0.15) is 5.56 Å². The number of carbonyl (C=O) groups excluding carboxylic acids is 1. The molecule has 23 heavy (non-hydrogen) atoms. The van der Waals surface area contributed by atoms with Gasteiger partial charge in [0.1, 0.15) is 4.83 Å². The fourth-order valence-electron chi connectivity index (χ4n) is 2.17. The number of primary amides is 1. The molecular weight excluding hydrogens is 332 g/mol. The fraction of sp³-hybridized carbons (Fsp3) is 0.133. The lowest BCUT2D eigenvalue weighted by molar-refractivity contribution is -0.115. The zero-order valence-electron chi connectivity index (χ0n) is 12.3. The van der Waals surface area contributed by atoms with Crippen LogP contribution in [0.15, 0.2) is 39.6 Å². The average Bonchev–Trinajstić information content (AvgIpc) is 2.94. The maximum atomic E-state index is 12.6. The Labute approximate surface area is 140 Å². The summed E-state index contributed by atoms with van der Waals surface area (Å²) in [7, 11) is 0. The molecule has 3 rings (SSSR count). The number of nitrogens with zero attached hydrogens (tertiary/aromatic N) is 2. The van der Waals surface area contributed by atoms with Crippen molar-refractivity contribution in [2.24, 2.45) is 5.73 Å². The second kappa shape index (κ2) is 6.05. The third-order valence-electron chi connectivity index (χ3n) is 3.31. The van der Waals surface area contributed by atoms with Crippen molar-refractivity contribution in [2.45, 2.75) is 12.1 Å². The van der Waals surface area contributed by atoms with Crippen LogP contribution in [0.2, 0.25) is 0 Å². The normalized spacial score (nSPS) is 11.0. The summed E-state index contributed by atoms with van der Waals surface area (Å²) in [5.74, 6) is 5.37. The monoisotopic (exact) mass is 346 g/mol. The van der Waals surface area contributed by atoms with Crippen molar-refractivity contribution in [1.29, 1.82) is 0 Å². The van der Waals surface area contributed by atoms with Gasteiger partial charge in [0.25, 0.3) is 5.56 Å². The molecule has 6 nitrogen and oxygen atoms in total. The SMILES string of the molecule is Cc1ccc(-c2csc3nc(SCC(N)=O)n(N)c(=O)c23)cc1. The third-order valence-corrected chi connectivity index (χ3v) is 5.16. The Balaban J connectivity index is 2.14. The lowest BCUT2D eigenvalue weighted by Gasteiger charge is -2.06. The highest BCUT2D eigenvalue weighted by atomic mass is 32.2. The Morgan fingerprint density at radius 2 is 2.04 bits per heavy atom. The number of carbonyl (C=O) groups is 1. The van der Waals surface area contributed by atoms with Crippen molar-refractivity contribution in [3.05, 3.63) is 45.6 Å². The highest BCUT2D eigenvalue weighted by molar-refractivity contribution is 7.99. The van der Waals surface area contributed by atoms with Gasteiger partial charge in [-0.05, 0) is 12.5 Å². The van der Waals surface area contributed by atoms with Gasteiger partial charge in [-0.1, -0.05) is 41.6 Å². The van der Waals surface area contributed by atoms with Crippen molar-refractivity contribution < 1.29 is 4.79 Å². The van der Waals surface area contributed by atoms with Crippen LogP contribution in [-0.2, 0) is 4.79 Å². The minimum absolute atomic E-state index is 0.0192. The average molecular weight is 346 g/mol. The van der Waals surface area contributed by atoms with E-state index in [0.717, 1.165) is 33.1 Å². The molecule has 118 valence electrons. The third kappa shape index (κ3) is 2.95. The number of amides is 1. The Morgan fingerprint density at radius 1 is 1.35 bits per heavy atom. The van der Waals surface area contributed by atoms with E-state index >= 15 is 0 Å². The zero-order chi connectivity index (χ0) is 16.6. The summed E-state index contributed by atoms with van der Waals surface area (Å²) in [5, 5.41) is 2.66. The highest BCUT2D eigenvalue weighted by Crippen LogP contribution is 2.31. The van der Waals surface area contributed by atoms with Crippen LogP contribution in [-0.4, -0.2) is 21.3 Å². The molecule has 1 aromatic carbocycles. The topological polar surface area (TPSA) is 104 Å². The second-order valence-corrected chi connectivity index (χ2v) is 6.82. The number of rotatable bonds is 4. The van der Waals surface area contributed by atoms with E-state index in [9.17, 15) is 9.59 Å². The summed E-state index contributed by atoms with van der Waals surface area (Å²) >= 11 is 2.42. The molecule has 0 atom stereocenters. The van der Waals surface area contributed by atoms with E-state index in [1.54, 1.807) is 0 Å². The van der Waals surface area contributed by atoms with Gasteiger partial charge in [0.2, 0.25) is 5.91 Å². The lowest BCUT2D eigenvalue weighted by Crippen LogP contribution is -2.30. The molecule has 8 heteroatoms. The van der Waals surface area contributed by atoms with Crippen LogP contribution in [0.4, 0.5) is 0 Å². The molecule has 0 saturated carbocycles. The van der Waals surface area contributed by atoms with Gasteiger partial charge in [0.05, 0.1) is 11.1 Å². The Hall–Kier alpha value is -2.32. The molecule has 0 aliphatic rings. The first-order valence-electron chi connectivity index (χ1n) is 6.75. The zero-order valence-corrected chi connectivity index (χ0v) is 13.9. The van der Waals surface area contributed by atoms with Crippen molar-refractivity contribution in [3.8, 4) is 11.1 Å². The number of fused-ring (bicyclic) bond motifs is 1. The predicted molar refractivity (Wildman–Crippen MR) is 94.1 cm³/mol. The van der Waals surface area contributed by atoms with Crippen LogP contribution >= 0.6 is 23.1 Å². The minimum atomic E-state index is -0.490. The first-order valence-corrected chi connectivity index (χ1v) is 8.61. The van der Waals surface area contributed by atoms with Gasteiger partial charge in [-0.2, -0.15) is 0 Å². The van der Waals surface area contributed by atoms with Gasteiger partial charge in [0.15, 0.2) is 5.16 Å². The van der Waals surface area contributed by atoms with E-state index in [0.29, 0.717) is 10.2 Å². The quantitative estimate of drug-likeness (QED) is 0.425. The van der Waals surface area contributed by atoms with Crippen LogP contribution in [0.5, 0.6) is 0 Å². The van der Waals surface area contributed by atoms with E-state index in [4.69, 9.17) is 11.6 Å². The van der Waals surface area contributed by atoms with Crippen molar-refractivity contribution in [1.82, 2.24) is 9.66 Å². The maximum absolute atomic E-state index is 12.6. The number of thioether (sulfide) groups is 1. The number of benzene rings is 1. The first-order chi connectivity index (χ1) is 11.0. The molecule has 2 aromatic heterocycles. The summed E-state index contributed by atoms with van der Waals surface area (Å²) in [5.41, 5.74) is 7.69. The second-order valence-electron chi connectivity index (χ2n) is 5.02. The molecule has 0 fully saturated rings. The molecule has 0 spiro atoms. The summed E-state index contributed by atoms with van der Waals surface area (Å²) in [4.78, 5) is 28.5. The van der Waals surface area contributed by atoms with Gasteiger partial charge in [-0.25, -0.2) is 9.66 Å². The first kappa shape index (κ1) is 15.6.